The van der Waals surface area contributed by atoms with Crippen molar-refractivity contribution in [1.29, 1.82) is 0 Å². The minimum Gasteiger partial charge on any atom is -1.00 e. The molecule has 0 aromatic carbocycles. The van der Waals surface area contributed by atoms with Crippen molar-refractivity contribution in [2.75, 3.05) is 12.8 Å². The van der Waals surface area contributed by atoms with E-state index < -0.39 is 15.7 Å². The Morgan fingerprint density at radius 1 is 1.54 bits per heavy atom. The van der Waals surface area contributed by atoms with Crippen LogP contribution >= 0.6 is 0 Å². The first-order valence-corrected chi connectivity index (χ1v) is 5.36. The van der Waals surface area contributed by atoms with E-state index in [0.717, 1.165) is 11.5 Å². The van der Waals surface area contributed by atoms with Gasteiger partial charge in [0.1, 0.15) is 0 Å². The van der Waals surface area contributed by atoms with Crippen LogP contribution < -0.4 is 56.7 Å². The quantitative estimate of drug-likeness (QED) is 0.419. The van der Waals surface area contributed by atoms with Gasteiger partial charge in [-0.1, -0.05) is 6.92 Å². The Kier molecular flexibility index (Phi) is 10.2. The van der Waals surface area contributed by atoms with E-state index in [4.69, 9.17) is 0 Å². The maximum atomic E-state index is 11.0. The zero-order chi connectivity index (χ0) is 9.61. The summed E-state index contributed by atoms with van der Waals surface area (Å²) in [7, 11) is -1.73. The van der Waals surface area contributed by atoms with Crippen LogP contribution in [0.2, 0.25) is 0 Å². The fraction of sp³-hybridized carbons (Fsp3) is 0.571. The van der Waals surface area contributed by atoms with Gasteiger partial charge >= 0.3 is 51.4 Å². The third kappa shape index (κ3) is 9.11. The molecule has 0 spiro atoms. The number of carbonyl (C=O) groups excluding carboxylic acids is 1. The van der Waals surface area contributed by atoms with E-state index in [9.17, 15) is 13.2 Å². The molecule has 0 heterocycles. The SMILES string of the molecule is CCCS(=O)(=O)C=CC(=O)NC.[H-].[K+]. The molecule has 4 nitrogen and oxygen atoms in total. The zero-order valence-corrected chi connectivity index (χ0v) is 12.1. The molecule has 0 unspecified atom stereocenters. The standard InChI is InChI=1S/C7H13NO3S.K.H/c1-3-5-12(10,11)6-4-7(9)8-2;;/h4,6H,3,5H2,1-2H3,(H,8,9);;/q;+1;-1. The van der Waals surface area contributed by atoms with Crippen LogP contribution in [0.5, 0.6) is 0 Å². The van der Waals surface area contributed by atoms with E-state index >= 15 is 0 Å². The van der Waals surface area contributed by atoms with E-state index in [1.807, 2.05) is 0 Å². The molecule has 0 saturated carbocycles. The molecule has 0 saturated heterocycles. The fourth-order valence-corrected chi connectivity index (χ4v) is 1.64. The van der Waals surface area contributed by atoms with Crippen molar-refractivity contribution in [2.24, 2.45) is 0 Å². The van der Waals surface area contributed by atoms with Crippen LogP contribution in [0.25, 0.3) is 0 Å². The fourth-order valence-electron chi connectivity index (χ4n) is 0.601. The van der Waals surface area contributed by atoms with Crippen LogP contribution in [0.1, 0.15) is 14.8 Å². The molecular weight excluding hydrogens is 217 g/mol. The first-order chi connectivity index (χ1) is 5.52. The average molecular weight is 231 g/mol. The Balaban J connectivity index is -0.000000605. The van der Waals surface area contributed by atoms with Crippen LogP contribution in [0.15, 0.2) is 11.5 Å². The Bertz CT molecular complexity index is 277. The van der Waals surface area contributed by atoms with Crippen molar-refractivity contribution >= 4 is 15.7 Å². The van der Waals surface area contributed by atoms with Crippen LogP contribution in [-0.2, 0) is 14.6 Å². The van der Waals surface area contributed by atoms with Gasteiger partial charge in [-0.2, -0.15) is 0 Å². The molecule has 0 aromatic rings. The summed E-state index contributed by atoms with van der Waals surface area (Å²) in [5.74, 6) is -0.324. The number of nitrogens with one attached hydrogen (secondary N) is 1. The molecule has 1 N–H and O–H groups in total. The molecule has 0 aromatic heterocycles. The second kappa shape index (κ2) is 8.13. The van der Waals surface area contributed by atoms with Crippen LogP contribution in [0.4, 0.5) is 0 Å². The molecule has 6 heteroatoms. The molecule has 0 bridgehead atoms. The third-order valence-electron chi connectivity index (χ3n) is 1.16. The second-order valence-corrected chi connectivity index (χ2v) is 4.29. The summed E-state index contributed by atoms with van der Waals surface area (Å²) < 4.78 is 22.0. The van der Waals surface area contributed by atoms with Crippen LogP contribution in [0, 0.1) is 0 Å². The van der Waals surface area contributed by atoms with E-state index in [2.05, 4.69) is 5.32 Å². The van der Waals surface area contributed by atoms with E-state index in [-0.39, 0.29) is 58.6 Å². The third-order valence-corrected chi connectivity index (χ3v) is 2.69. The summed E-state index contributed by atoms with van der Waals surface area (Å²) in [6.07, 6.45) is 1.57. The summed E-state index contributed by atoms with van der Waals surface area (Å²) >= 11 is 0. The minimum absolute atomic E-state index is 0. The second-order valence-electron chi connectivity index (χ2n) is 2.28. The molecule has 0 rings (SSSR count). The molecule has 0 radical (unpaired) electrons. The Labute approximate surface area is 123 Å². The Hall–Kier alpha value is 0.796. The molecule has 1 amide bonds. The predicted octanol–water partition coefficient (Wildman–Crippen LogP) is -2.81. The molecule has 13 heavy (non-hydrogen) atoms. The van der Waals surface area contributed by atoms with Gasteiger partial charge in [-0.3, -0.25) is 4.79 Å². The number of rotatable bonds is 4. The molecule has 0 aliphatic carbocycles. The van der Waals surface area contributed by atoms with Gasteiger partial charge in [0, 0.05) is 18.5 Å². The first-order valence-electron chi connectivity index (χ1n) is 3.64. The molecule has 0 atom stereocenters. The zero-order valence-electron chi connectivity index (χ0n) is 9.20. The van der Waals surface area contributed by atoms with Gasteiger partial charge in [-0.05, 0) is 6.42 Å². The van der Waals surface area contributed by atoms with Crippen LogP contribution in [-0.4, -0.2) is 27.1 Å². The van der Waals surface area contributed by atoms with Crippen molar-refractivity contribution < 1.29 is 66.0 Å². The normalized spacial score (nSPS) is 10.9. The molecule has 0 aliphatic heterocycles. The first kappa shape index (κ1) is 16.2. The number of hydrogen-bond donors (Lipinski definition) is 1. The molecular formula is C7H14KNO3S. The Morgan fingerprint density at radius 2 is 2.08 bits per heavy atom. The van der Waals surface area contributed by atoms with E-state index in [1.54, 1.807) is 6.92 Å². The van der Waals surface area contributed by atoms with Crippen molar-refractivity contribution in [2.45, 2.75) is 13.3 Å². The monoisotopic (exact) mass is 231 g/mol. The van der Waals surface area contributed by atoms with Gasteiger partial charge in [0.25, 0.3) is 0 Å². The van der Waals surface area contributed by atoms with Crippen molar-refractivity contribution in [3.63, 3.8) is 0 Å². The summed E-state index contributed by atoms with van der Waals surface area (Å²) in [6.45, 7) is 1.77. The van der Waals surface area contributed by atoms with Gasteiger partial charge in [-0.25, -0.2) is 8.42 Å². The smallest absolute Gasteiger partial charge is 1.00 e. The number of amides is 1. The van der Waals surface area contributed by atoms with Gasteiger partial charge in [0.15, 0.2) is 9.84 Å². The largest absolute Gasteiger partial charge is 1.00 e. The van der Waals surface area contributed by atoms with Crippen LogP contribution in [0.3, 0.4) is 0 Å². The number of hydrogen-bond acceptors (Lipinski definition) is 3. The van der Waals surface area contributed by atoms with Crippen molar-refractivity contribution in [3.05, 3.63) is 11.5 Å². The van der Waals surface area contributed by atoms with Gasteiger partial charge < -0.3 is 6.74 Å². The number of sulfone groups is 1. The van der Waals surface area contributed by atoms with Crippen molar-refractivity contribution in [1.82, 2.24) is 5.32 Å². The van der Waals surface area contributed by atoms with Gasteiger partial charge in [0.2, 0.25) is 5.91 Å². The van der Waals surface area contributed by atoms with E-state index in [0.29, 0.717) is 6.42 Å². The topological polar surface area (TPSA) is 63.2 Å². The molecule has 72 valence electrons. The summed E-state index contributed by atoms with van der Waals surface area (Å²) in [6, 6.07) is 0. The summed E-state index contributed by atoms with van der Waals surface area (Å²) in [5, 5.41) is 3.23. The maximum Gasteiger partial charge on any atom is 1.00 e. The van der Waals surface area contributed by atoms with E-state index in [1.165, 1.54) is 7.05 Å². The average Bonchev–Trinajstić information content (AvgIpc) is 2.00. The van der Waals surface area contributed by atoms with Gasteiger partial charge in [-0.15, -0.1) is 0 Å². The number of carbonyl (C=O) groups is 1. The summed E-state index contributed by atoms with van der Waals surface area (Å²) in [4.78, 5) is 10.6. The Morgan fingerprint density at radius 3 is 2.46 bits per heavy atom. The molecule has 0 aliphatic rings. The summed E-state index contributed by atoms with van der Waals surface area (Å²) in [5.41, 5.74) is 0. The molecule has 0 fully saturated rings. The number of likely N-dealkylation sites (N-methyl/N-ethyl adjacent to an activating group) is 1. The maximum absolute atomic E-state index is 11.0. The predicted molar refractivity (Wildman–Crippen MR) is 48.4 cm³/mol. The minimum atomic E-state index is -3.18. The van der Waals surface area contributed by atoms with Gasteiger partial charge in [0.05, 0.1) is 5.75 Å². The van der Waals surface area contributed by atoms with Crippen molar-refractivity contribution in [3.8, 4) is 0 Å².